The molecule has 0 saturated carbocycles. The fourth-order valence-electron chi connectivity index (χ4n) is 3.08. The first-order chi connectivity index (χ1) is 10.2. The van der Waals surface area contributed by atoms with E-state index in [9.17, 15) is 4.79 Å². The first-order valence-electron chi connectivity index (χ1n) is 7.01. The number of H-pyrrole nitrogens is 2. The third-order valence-electron chi connectivity index (χ3n) is 4.12. The summed E-state index contributed by atoms with van der Waals surface area (Å²) in [6, 6.07) is 3.99. The predicted octanol–water partition coefficient (Wildman–Crippen LogP) is 0.238. The molecule has 0 amide bonds. The first kappa shape index (κ1) is 13.8. The second kappa shape index (κ2) is 5.29. The van der Waals surface area contributed by atoms with E-state index in [1.165, 1.54) is 5.56 Å². The Bertz CT molecular complexity index is 717. The highest BCUT2D eigenvalue weighted by Crippen LogP contribution is 2.35. The van der Waals surface area contributed by atoms with E-state index in [1.807, 2.05) is 19.1 Å². The first-order valence-corrected chi connectivity index (χ1v) is 7.01. The molecule has 6 nitrogen and oxygen atoms in total. The van der Waals surface area contributed by atoms with Gasteiger partial charge in [-0.15, -0.1) is 0 Å². The minimum Gasteiger partial charge on any atom is -0.493 e. The zero-order valence-corrected chi connectivity index (χ0v) is 12.4. The summed E-state index contributed by atoms with van der Waals surface area (Å²) in [5.74, 6) is 1.43. The molecule has 0 saturated heterocycles. The molecule has 0 fully saturated rings. The maximum Gasteiger partial charge on any atom is 0.273 e. The number of ether oxygens (including phenoxy) is 2. The molecule has 2 heterocycles. The lowest BCUT2D eigenvalue weighted by atomic mass is 9.89. The number of quaternary nitrogens is 1. The molecule has 1 aliphatic rings. The van der Waals surface area contributed by atoms with Gasteiger partial charge in [-0.3, -0.25) is 9.89 Å². The minimum atomic E-state index is -0.0589. The van der Waals surface area contributed by atoms with Gasteiger partial charge >= 0.3 is 0 Å². The van der Waals surface area contributed by atoms with Crippen LogP contribution in [0.5, 0.6) is 11.5 Å². The quantitative estimate of drug-likeness (QED) is 0.757. The van der Waals surface area contributed by atoms with E-state index in [1.54, 1.807) is 14.2 Å². The van der Waals surface area contributed by atoms with Crippen LogP contribution in [0.3, 0.4) is 0 Å². The van der Waals surface area contributed by atoms with E-state index in [4.69, 9.17) is 9.47 Å². The maximum atomic E-state index is 12.1. The number of hydrogen-bond acceptors (Lipinski definition) is 3. The number of aryl methyl sites for hydroxylation is 1. The molecule has 112 valence electrons. The number of methoxy groups -OCH3 is 2. The van der Waals surface area contributed by atoms with Crippen LogP contribution in [0, 0.1) is 6.92 Å². The van der Waals surface area contributed by atoms with Gasteiger partial charge < -0.3 is 19.9 Å². The van der Waals surface area contributed by atoms with Gasteiger partial charge in [-0.1, -0.05) is 0 Å². The Morgan fingerprint density at radius 2 is 1.90 bits per heavy atom. The average molecular weight is 290 g/mol. The van der Waals surface area contributed by atoms with Crippen molar-refractivity contribution in [3.63, 3.8) is 0 Å². The maximum absolute atomic E-state index is 12.1. The summed E-state index contributed by atoms with van der Waals surface area (Å²) in [5.41, 5.74) is 3.93. The highest BCUT2D eigenvalue weighted by atomic mass is 16.5. The molecular weight excluding hydrogens is 270 g/mol. The third-order valence-corrected chi connectivity index (χ3v) is 4.12. The number of hydrogen-bond donors (Lipinski definition) is 3. The van der Waals surface area contributed by atoms with E-state index < -0.39 is 0 Å². The van der Waals surface area contributed by atoms with Crippen LogP contribution in [0.4, 0.5) is 0 Å². The zero-order chi connectivity index (χ0) is 15.0. The van der Waals surface area contributed by atoms with Gasteiger partial charge in [0.05, 0.1) is 20.8 Å². The largest absolute Gasteiger partial charge is 0.493 e. The number of nitrogens with one attached hydrogen (secondary N) is 2. The molecular formula is C15H20N3O3+. The van der Waals surface area contributed by atoms with E-state index in [0.29, 0.717) is 5.75 Å². The standard InChI is InChI=1S/C15H19N3O3/c1-8-13(15(19)18-17-8)14-10-7-12(21-3)11(20-2)6-9(10)4-5-16-14/h6-7,14,16H,4-5H2,1-3H3,(H2,17,18,19)/p+1/t14-/m0/s1. The lowest BCUT2D eigenvalue weighted by molar-refractivity contribution is -0.690. The van der Waals surface area contributed by atoms with Crippen molar-refractivity contribution in [2.24, 2.45) is 0 Å². The number of aromatic nitrogens is 2. The number of fused-ring (bicyclic) bond motifs is 1. The molecule has 21 heavy (non-hydrogen) atoms. The topological polar surface area (TPSA) is 83.7 Å². The molecule has 0 spiro atoms. The lowest BCUT2D eigenvalue weighted by Gasteiger charge is -2.24. The molecule has 0 bridgehead atoms. The molecule has 6 heteroatoms. The van der Waals surface area contributed by atoms with Crippen LogP contribution in [0.2, 0.25) is 0 Å². The second-order valence-electron chi connectivity index (χ2n) is 5.28. The van der Waals surface area contributed by atoms with Gasteiger partial charge in [-0.25, -0.2) is 0 Å². The number of aromatic amines is 2. The van der Waals surface area contributed by atoms with Crippen LogP contribution in [0.15, 0.2) is 16.9 Å². The highest BCUT2D eigenvalue weighted by molar-refractivity contribution is 5.50. The van der Waals surface area contributed by atoms with Crippen LogP contribution in [-0.2, 0) is 6.42 Å². The Kier molecular flexibility index (Phi) is 3.47. The normalized spacial score (nSPS) is 17.4. The van der Waals surface area contributed by atoms with Gasteiger partial charge in [-0.2, -0.15) is 0 Å². The van der Waals surface area contributed by atoms with Crippen LogP contribution in [-0.4, -0.2) is 31.0 Å². The average Bonchev–Trinajstić information content (AvgIpc) is 2.84. The Morgan fingerprint density at radius 1 is 1.19 bits per heavy atom. The van der Waals surface area contributed by atoms with Gasteiger partial charge in [0.15, 0.2) is 11.5 Å². The number of benzene rings is 1. The molecule has 1 aromatic carbocycles. The SMILES string of the molecule is COc1cc2c(cc1OC)[C@@H](c1c(C)[nH][nH]c1=O)[NH2+]CC2. The predicted molar refractivity (Wildman–Crippen MR) is 78.0 cm³/mol. The summed E-state index contributed by atoms with van der Waals surface area (Å²) in [7, 11) is 3.26. The number of rotatable bonds is 3. The van der Waals surface area contributed by atoms with E-state index >= 15 is 0 Å². The summed E-state index contributed by atoms with van der Waals surface area (Å²) >= 11 is 0. The van der Waals surface area contributed by atoms with Gasteiger partial charge in [0, 0.05) is 17.7 Å². The van der Waals surface area contributed by atoms with Crippen molar-refractivity contribution in [3.05, 3.63) is 44.9 Å². The lowest BCUT2D eigenvalue weighted by Crippen LogP contribution is -2.87. The molecule has 2 aromatic rings. The van der Waals surface area contributed by atoms with Crippen molar-refractivity contribution in [2.45, 2.75) is 19.4 Å². The van der Waals surface area contributed by atoms with Crippen molar-refractivity contribution in [3.8, 4) is 11.5 Å². The highest BCUT2D eigenvalue weighted by Gasteiger charge is 2.30. The van der Waals surface area contributed by atoms with E-state index in [0.717, 1.165) is 35.5 Å². The van der Waals surface area contributed by atoms with Gasteiger partial charge in [0.1, 0.15) is 11.6 Å². The summed E-state index contributed by atoms with van der Waals surface area (Å²) in [4.78, 5) is 12.1. The fraction of sp³-hybridized carbons (Fsp3) is 0.400. The van der Waals surface area contributed by atoms with Crippen molar-refractivity contribution in [1.29, 1.82) is 0 Å². The van der Waals surface area contributed by atoms with Crippen molar-refractivity contribution in [2.75, 3.05) is 20.8 Å². The summed E-state index contributed by atoms with van der Waals surface area (Å²) in [5, 5.41) is 7.76. The van der Waals surface area contributed by atoms with Crippen molar-refractivity contribution < 1.29 is 14.8 Å². The molecule has 1 atom stereocenters. The molecule has 0 aliphatic carbocycles. The van der Waals surface area contributed by atoms with Crippen LogP contribution in [0.25, 0.3) is 0 Å². The van der Waals surface area contributed by atoms with Crippen LogP contribution < -0.4 is 20.3 Å². The molecule has 4 N–H and O–H groups in total. The molecule has 0 unspecified atom stereocenters. The molecule has 1 aliphatic heterocycles. The Labute approximate surface area is 122 Å². The summed E-state index contributed by atoms with van der Waals surface area (Å²) in [6.07, 6.45) is 0.952. The fourth-order valence-corrected chi connectivity index (χ4v) is 3.08. The molecule has 0 radical (unpaired) electrons. The Balaban J connectivity index is 2.16. The minimum absolute atomic E-state index is 0.0106. The van der Waals surface area contributed by atoms with Crippen LogP contribution in [0.1, 0.15) is 28.4 Å². The smallest absolute Gasteiger partial charge is 0.273 e. The van der Waals surface area contributed by atoms with E-state index in [2.05, 4.69) is 15.5 Å². The summed E-state index contributed by atoms with van der Waals surface area (Å²) in [6.45, 7) is 2.85. The van der Waals surface area contributed by atoms with Crippen molar-refractivity contribution in [1.82, 2.24) is 10.2 Å². The Morgan fingerprint density at radius 3 is 2.52 bits per heavy atom. The molecule has 3 rings (SSSR count). The summed E-state index contributed by atoms with van der Waals surface area (Å²) < 4.78 is 10.8. The van der Waals surface area contributed by atoms with E-state index in [-0.39, 0.29) is 11.6 Å². The monoisotopic (exact) mass is 290 g/mol. The zero-order valence-electron chi connectivity index (χ0n) is 12.4. The second-order valence-corrected chi connectivity index (χ2v) is 5.28. The van der Waals surface area contributed by atoms with Crippen molar-refractivity contribution >= 4 is 0 Å². The van der Waals surface area contributed by atoms with Crippen LogP contribution >= 0.6 is 0 Å². The Hall–Kier alpha value is -2.21. The third kappa shape index (κ3) is 2.21. The van der Waals surface area contributed by atoms with Gasteiger partial charge in [0.2, 0.25) is 0 Å². The number of nitrogens with two attached hydrogens (primary N) is 1. The van der Waals surface area contributed by atoms with Gasteiger partial charge in [0.25, 0.3) is 5.56 Å². The molecule has 1 aromatic heterocycles. The van der Waals surface area contributed by atoms with Gasteiger partial charge in [-0.05, 0) is 24.6 Å².